The van der Waals surface area contributed by atoms with E-state index in [1.165, 1.54) is 0 Å². The maximum absolute atomic E-state index is 12.0. The van der Waals surface area contributed by atoms with Gasteiger partial charge in [0.2, 0.25) is 5.78 Å². The number of amides is 1. The van der Waals surface area contributed by atoms with Crippen LogP contribution in [0.5, 0.6) is 0 Å². The lowest BCUT2D eigenvalue weighted by atomic mass is 10.0. The fourth-order valence-electron chi connectivity index (χ4n) is 2.48. The van der Waals surface area contributed by atoms with Gasteiger partial charge in [0.1, 0.15) is 0 Å². The van der Waals surface area contributed by atoms with Crippen molar-refractivity contribution in [2.75, 3.05) is 19.4 Å². The molecule has 0 aromatic heterocycles. The molecule has 1 aliphatic rings. The minimum atomic E-state index is -3.73. The molecule has 1 N–H and O–H groups in total. The first-order valence-corrected chi connectivity index (χ1v) is 8.03. The third-order valence-corrected chi connectivity index (χ3v) is 4.69. The van der Waals surface area contributed by atoms with Gasteiger partial charge in [0, 0.05) is 12.8 Å². The van der Waals surface area contributed by atoms with Crippen molar-refractivity contribution in [3.63, 3.8) is 0 Å². The highest BCUT2D eigenvalue weighted by Crippen LogP contribution is 2.34. The van der Waals surface area contributed by atoms with Gasteiger partial charge < -0.3 is 10.0 Å². The average molecular weight is 297 g/mol. The molecule has 2 unspecified atom stereocenters. The second-order valence-corrected chi connectivity index (χ2v) is 6.86. The van der Waals surface area contributed by atoms with Crippen molar-refractivity contribution in [2.24, 2.45) is 0 Å². The Balaban J connectivity index is 2.55. The number of hydrogen-bond donors (Lipinski definition) is 1. The van der Waals surface area contributed by atoms with E-state index in [2.05, 4.69) is 0 Å². The molecule has 0 saturated carbocycles. The van der Waals surface area contributed by atoms with Crippen LogP contribution in [-0.2, 0) is 19.4 Å². The summed E-state index contributed by atoms with van der Waals surface area (Å²) in [5, 5.41) is 7.62. The van der Waals surface area contributed by atoms with Crippen LogP contribution in [0.3, 0.4) is 0 Å². The normalized spacial score (nSPS) is 23.4. The molecule has 1 aromatic carbocycles. The summed E-state index contributed by atoms with van der Waals surface area (Å²) < 4.78 is 23.7. The van der Waals surface area contributed by atoms with Crippen molar-refractivity contribution in [3.8, 4) is 0 Å². The van der Waals surface area contributed by atoms with Crippen molar-refractivity contribution in [2.45, 2.75) is 11.3 Å². The summed E-state index contributed by atoms with van der Waals surface area (Å²) in [6.07, 6.45) is 0.946. The summed E-state index contributed by atoms with van der Waals surface area (Å²) >= 11 is 0. The molecule has 6 nitrogen and oxygen atoms in total. The standard InChI is InChI=1S/C13H15NO5S/c1-20(18,19)12-10(9-5-3-2-4-6-9)14(7-8-15)13(17)11(12)16/h2-6,10,12,15H,7-8H2,1H3. The Kier molecular flexibility index (Phi) is 3.92. The number of aliphatic hydroxyl groups excluding tert-OH is 1. The van der Waals surface area contributed by atoms with Crippen LogP contribution in [0.15, 0.2) is 30.3 Å². The van der Waals surface area contributed by atoms with E-state index in [4.69, 9.17) is 5.11 Å². The lowest BCUT2D eigenvalue weighted by Gasteiger charge is -2.26. The van der Waals surface area contributed by atoms with E-state index in [1.54, 1.807) is 30.3 Å². The Bertz CT molecular complexity index is 625. The number of likely N-dealkylation sites (tertiary alicyclic amines) is 1. The number of β-amino-alcohol motifs (C(OH)–C–C–N with tert-alkyl or cyclic N) is 1. The van der Waals surface area contributed by atoms with Crippen molar-refractivity contribution in [3.05, 3.63) is 35.9 Å². The Morgan fingerprint density at radius 1 is 1.20 bits per heavy atom. The Hall–Kier alpha value is -1.73. The first kappa shape index (κ1) is 14.7. The van der Waals surface area contributed by atoms with Crippen molar-refractivity contribution < 1.29 is 23.1 Å². The SMILES string of the molecule is CS(=O)(=O)C1C(=O)C(=O)N(CCO)C1c1ccccc1. The van der Waals surface area contributed by atoms with E-state index in [0.717, 1.165) is 11.2 Å². The largest absolute Gasteiger partial charge is 0.395 e. The molecule has 1 fully saturated rings. The molecule has 1 aliphatic heterocycles. The van der Waals surface area contributed by atoms with Crippen molar-refractivity contribution >= 4 is 21.5 Å². The lowest BCUT2D eigenvalue weighted by Crippen LogP contribution is -2.34. The van der Waals surface area contributed by atoms with Crippen LogP contribution < -0.4 is 0 Å². The fourth-order valence-corrected chi connectivity index (χ4v) is 3.74. The zero-order valence-corrected chi connectivity index (χ0v) is 11.7. The van der Waals surface area contributed by atoms with Gasteiger partial charge in [-0.1, -0.05) is 30.3 Å². The zero-order chi connectivity index (χ0) is 14.9. The summed E-state index contributed by atoms with van der Waals surface area (Å²) in [5.41, 5.74) is 0.565. The molecule has 2 atom stereocenters. The van der Waals surface area contributed by atoms with E-state index >= 15 is 0 Å². The van der Waals surface area contributed by atoms with E-state index in [0.29, 0.717) is 5.56 Å². The summed E-state index contributed by atoms with van der Waals surface area (Å²) in [4.78, 5) is 25.0. The predicted octanol–water partition coefficient (Wildman–Crippen LogP) is -0.455. The van der Waals surface area contributed by atoms with Crippen molar-refractivity contribution in [1.82, 2.24) is 4.90 Å². The van der Waals surface area contributed by atoms with Gasteiger partial charge in [-0.25, -0.2) is 8.42 Å². The molecule has 0 spiro atoms. The third kappa shape index (κ3) is 2.46. The number of aliphatic hydroxyl groups is 1. The highest BCUT2D eigenvalue weighted by atomic mass is 32.2. The monoisotopic (exact) mass is 297 g/mol. The van der Waals surface area contributed by atoms with E-state index in [1.807, 2.05) is 0 Å². The molecule has 108 valence electrons. The number of Topliss-reactive ketones (excluding diaryl/α,β-unsaturated/α-hetero) is 1. The topological polar surface area (TPSA) is 91.8 Å². The number of ketones is 1. The Morgan fingerprint density at radius 3 is 2.30 bits per heavy atom. The number of benzene rings is 1. The summed E-state index contributed by atoms with van der Waals surface area (Å²) in [5.74, 6) is -1.79. The van der Waals surface area contributed by atoms with Crippen LogP contribution in [0.25, 0.3) is 0 Å². The van der Waals surface area contributed by atoms with Gasteiger partial charge in [0.25, 0.3) is 5.91 Å². The molecule has 20 heavy (non-hydrogen) atoms. The molecule has 1 amide bonds. The fraction of sp³-hybridized carbons (Fsp3) is 0.385. The van der Waals surface area contributed by atoms with Crippen LogP contribution in [0.4, 0.5) is 0 Å². The minimum Gasteiger partial charge on any atom is -0.395 e. The van der Waals surface area contributed by atoms with Gasteiger partial charge >= 0.3 is 0 Å². The molecular weight excluding hydrogens is 282 g/mol. The second-order valence-electron chi connectivity index (χ2n) is 4.69. The summed E-state index contributed by atoms with van der Waals surface area (Å²) in [6, 6.07) is 7.63. The zero-order valence-electron chi connectivity index (χ0n) is 10.9. The van der Waals surface area contributed by atoms with Gasteiger partial charge in [0.05, 0.1) is 12.6 Å². The van der Waals surface area contributed by atoms with Gasteiger partial charge in [-0.15, -0.1) is 0 Å². The molecular formula is C13H15NO5S. The maximum atomic E-state index is 12.0. The van der Waals surface area contributed by atoms with Gasteiger partial charge in [-0.2, -0.15) is 0 Å². The van der Waals surface area contributed by atoms with E-state index < -0.39 is 32.8 Å². The van der Waals surface area contributed by atoms with Gasteiger partial charge in [0.15, 0.2) is 15.1 Å². The molecule has 7 heteroatoms. The van der Waals surface area contributed by atoms with Crippen LogP contribution in [0.2, 0.25) is 0 Å². The minimum absolute atomic E-state index is 0.0733. The molecule has 1 heterocycles. The van der Waals surface area contributed by atoms with Gasteiger partial charge in [-0.3, -0.25) is 9.59 Å². The first-order chi connectivity index (χ1) is 9.38. The van der Waals surface area contributed by atoms with E-state index in [-0.39, 0.29) is 13.2 Å². The quantitative estimate of drug-likeness (QED) is 0.760. The number of hydrogen-bond acceptors (Lipinski definition) is 5. The molecule has 0 aliphatic carbocycles. The number of rotatable bonds is 4. The Morgan fingerprint density at radius 2 is 1.80 bits per heavy atom. The predicted molar refractivity (Wildman–Crippen MR) is 71.6 cm³/mol. The molecule has 1 aromatic rings. The smallest absolute Gasteiger partial charge is 0.292 e. The molecule has 0 radical (unpaired) electrons. The Labute approximate surface area is 116 Å². The lowest BCUT2D eigenvalue weighted by molar-refractivity contribution is -0.140. The number of sulfone groups is 1. The molecule has 2 rings (SSSR count). The summed E-state index contributed by atoms with van der Waals surface area (Å²) in [7, 11) is -3.73. The number of carbonyl (C=O) groups is 2. The van der Waals surface area contributed by atoms with Crippen LogP contribution in [0.1, 0.15) is 11.6 Å². The third-order valence-electron chi connectivity index (χ3n) is 3.30. The highest BCUT2D eigenvalue weighted by molar-refractivity contribution is 7.92. The van der Waals surface area contributed by atoms with Crippen LogP contribution >= 0.6 is 0 Å². The average Bonchev–Trinajstić information content (AvgIpc) is 2.65. The maximum Gasteiger partial charge on any atom is 0.292 e. The number of nitrogens with zero attached hydrogens (tertiary/aromatic N) is 1. The molecule has 1 saturated heterocycles. The van der Waals surface area contributed by atoms with E-state index in [9.17, 15) is 18.0 Å². The first-order valence-electron chi connectivity index (χ1n) is 6.07. The second kappa shape index (κ2) is 5.34. The van der Waals surface area contributed by atoms with Gasteiger partial charge in [-0.05, 0) is 5.56 Å². The summed E-state index contributed by atoms with van der Waals surface area (Å²) in [6.45, 7) is -0.408. The number of carbonyl (C=O) groups excluding carboxylic acids is 2. The van der Waals surface area contributed by atoms with Crippen LogP contribution in [-0.4, -0.2) is 54.8 Å². The van der Waals surface area contributed by atoms with Crippen molar-refractivity contribution in [1.29, 1.82) is 0 Å². The highest BCUT2D eigenvalue weighted by Gasteiger charge is 2.52. The molecule has 0 bridgehead atoms. The van der Waals surface area contributed by atoms with Crippen LogP contribution in [0, 0.1) is 0 Å².